The van der Waals surface area contributed by atoms with Crippen LogP contribution in [0.5, 0.6) is 5.75 Å². The second kappa shape index (κ2) is 11.2. The molecule has 2 aromatic carbocycles. The summed E-state index contributed by atoms with van der Waals surface area (Å²) in [5.74, 6) is 0.0258. The van der Waals surface area contributed by atoms with Crippen LogP contribution in [-0.2, 0) is 14.8 Å². The maximum absolute atomic E-state index is 13.5. The number of carbonyl (C=O) groups excluding carboxylic acids is 1. The Labute approximate surface area is 183 Å². The Bertz CT molecular complexity index is 932. The van der Waals surface area contributed by atoms with E-state index in [0.717, 1.165) is 9.20 Å². The Kier molecular flexibility index (Phi) is 9.01. The van der Waals surface area contributed by atoms with Crippen molar-refractivity contribution < 1.29 is 17.9 Å². The van der Waals surface area contributed by atoms with Crippen molar-refractivity contribution >= 4 is 33.4 Å². The highest BCUT2D eigenvalue weighted by Gasteiger charge is 2.29. The molecule has 1 amide bonds. The molecule has 0 aliphatic rings. The second-order valence-corrected chi connectivity index (χ2v) is 9.48. The molecular weight excluding hydrogens is 422 g/mol. The topological polar surface area (TPSA) is 79.0 Å². The number of nitrogens with zero attached hydrogens (tertiary/aromatic N) is 2. The third kappa shape index (κ3) is 6.38. The Morgan fingerprint density at radius 1 is 1.10 bits per heavy atom. The molecular formula is C21H29N3O4S2. The summed E-state index contributed by atoms with van der Waals surface area (Å²) in [6.07, 6.45) is 1.92. The van der Waals surface area contributed by atoms with Crippen LogP contribution >= 0.6 is 11.8 Å². The SMILES string of the molecule is CCOc1ccccc1N(CC(=O)NCCN(C)C)S(=O)(=O)c1ccc(SC)cc1. The van der Waals surface area contributed by atoms with Gasteiger partial charge >= 0.3 is 0 Å². The third-order valence-electron chi connectivity index (χ3n) is 4.25. The summed E-state index contributed by atoms with van der Waals surface area (Å²) >= 11 is 1.53. The maximum Gasteiger partial charge on any atom is 0.264 e. The normalized spacial score (nSPS) is 11.4. The molecule has 0 atom stereocenters. The van der Waals surface area contributed by atoms with Crippen molar-refractivity contribution in [2.75, 3.05) is 50.9 Å². The predicted octanol–water partition coefficient (Wildman–Crippen LogP) is 2.68. The summed E-state index contributed by atoms with van der Waals surface area (Å²) in [5.41, 5.74) is 0.330. The van der Waals surface area contributed by atoms with E-state index in [9.17, 15) is 13.2 Å². The van der Waals surface area contributed by atoms with Gasteiger partial charge in [-0.1, -0.05) is 12.1 Å². The van der Waals surface area contributed by atoms with E-state index < -0.39 is 10.0 Å². The lowest BCUT2D eigenvalue weighted by Crippen LogP contribution is -2.42. The summed E-state index contributed by atoms with van der Waals surface area (Å²) in [5, 5.41) is 2.78. The molecule has 9 heteroatoms. The van der Waals surface area contributed by atoms with Gasteiger partial charge in [0.05, 0.1) is 17.2 Å². The van der Waals surface area contributed by atoms with Gasteiger partial charge in [-0.2, -0.15) is 0 Å². The molecule has 2 aromatic rings. The van der Waals surface area contributed by atoms with E-state index in [1.807, 2.05) is 32.2 Å². The van der Waals surface area contributed by atoms with Gasteiger partial charge in [-0.15, -0.1) is 11.8 Å². The summed E-state index contributed by atoms with van der Waals surface area (Å²) in [4.78, 5) is 15.6. The largest absolute Gasteiger partial charge is 0.492 e. The third-order valence-corrected chi connectivity index (χ3v) is 6.77. The van der Waals surface area contributed by atoms with Crippen molar-refractivity contribution in [2.45, 2.75) is 16.7 Å². The number of likely N-dealkylation sites (N-methyl/N-ethyl adjacent to an activating group) is 1. The quantitative estimate of drug-likeness (QED) is 0.529. The number of anilines is 1. The van der Waals surface area contributed by atoms with Crippen molar-refractivity contribution in [1.29, 1.82) is 0 Å². The molecule has 0 unspecified atom stereocenters. The zero-order valence-corrected chi connectivity index (χ0v) is 19.4. The van der Waals surface area contributed by atoms with Crippen molar-refractivity contribution in [1.82, 2.24) is 10.2 Å². The number of rotatable bonds is 11. The molecule has 1 N–H and O–H groups in total. The second-order valence-electron chi connectivity index (χ2n) is 6.74. The molecule has 0 heterocycles. The lowest BCUT2D eigenvalue weighted by atomic mass is 10.3. The van der Waals surface area contributed by atoms with Crippen LogP contribution in [-0.4, -0.2) is 65.8 Å². The van der Waals surface area contributed by atoms with Gasteiger partial charge in [0.15, 0.2) is 0 Å². The van der Waals surface area contributed by atoms with Crippen LogP contribution in [0, 0.1) is 0 Å². The van der Waals surface area contributed by atoms with Crippen LogP contribution in [0.25, 0.3) is 0 Å². The van der Waals surface area contributed by atoms with Crippen LogP contribution < -0.4 is 14.4 Å². The zero-order chi connectivity index (χ0) is 22.1. The molecule has 0 spiro atoms. The van der Waals surface area contributed by atoms with Crippen LogP contribution in [0.2, 0.25) is 0 Å². The first-order valence-corrected chi connectivity index (χ1v) is 12.3. The Hall–Kier alpha value is -2.23. The van der Waals surface area contributed by atoms with E-state index in [-0.39, 0.29) is 17.3 Å². The van der Waals surface area contributed by atoms with E-state index >= 15 is 0 Å². The first-order chi connectivity index (χ1) is 14.3. The van der Waals surface area contributed by atoms with E-state index in [4.69, 9.17) is 4.74 Å². The molecule has 0 aromatic heterocycles. The minimum Gasteiger partial charge on any atom is -0.492 e. The molecule has 164 valence electrons. The molecule has 0 saturated heterocycles. The molecule has 7 nitrogen and oxygen atoms in total. The van der Waals surface area contributed by atoms with Gasteiger partial charge < -0.3 is 15.0 Å². The standard InChI is InChI=1S/C21H29N3O4S2/c1-5-28-20-9-7-6-8-19(20)24(16-21(25)22-14-15-23(2)3)30(26,27)18-12-10-17(29-4)11-13-18/h6-13H,5,14-16H2,1-4H3,(H,22,25). The fraction of sp³-hybridized carbons (Fsp3) is 0.381. The minimum atomic E-state index is -3.98. The Morgan fingerprint density at radius 2 is 1.77 bits per heavy atom. The zero-order valence-electron chi connectivity index (χ0n) is 17.8. The Morgan fingerprint density at radius 3 is 2.37 bits per heavy atom. The fourth-order valence-electron chi connectivity index (χ4n) is 2.72. The summed E-state index contributed by atoms with van der Waals surface area (Å²) < 4.78 is 33.7. The number of benzene rings is 2. The fourth-order valence-corrected chi connectivity index (χ4v) is 4.56. The molecule has 0 fully saturated rings. The van der Waals surface area contributed by atoms with Gasteiger partial charge in [-0.05, 0) is 63.7 Å². The number of hydrogen-bond donors (Lipinski definition) is 1. The van der Waals surface area contributed by atoms with Crippen LogP contribution in [0.15, 0.2) is 58.3 Å². The van der Waals surface area contributed by atoms with Gasteiger partial charge in [-0.25, -0.2) is 8.42 Å². The van der Waals surface area contributed by atoms with Crippen LogP contribution in [0.3, 0.4) is 0 Å². The average Bonchev–Trinajstić information content (AvgIpc) is 2.72. The lowest BCUT2D eigenvalue weighted by molar-refractivity contribution is -0.119. The van der Waals surface area contributed by atoms with Crippen molar-refractivity contribution in [3.05, 3.63) is 48.5 Å². The van der Waals surface area contributed by atoms with E-state index in [2.05, 4.69) is 5.32 Å². The molecule has 0 bridgehead atoms. The first kappa shape index (κ1) is 24.0. The minimum absolute atomic E-state index is 0.118. The van der Waals surface area contributed by atoms with E-state index in [1.54, 1.807) is 48.5 Å². The number of ether oxygens (including phenoxy) is 1. The number of amides is 1. The van der Waals surface area contributed by atoms with Crippen LogP contribution in [0.1, 0.15) is 6.92 Å². The first-order valence-electron chi connectivity index (χ1n) is 9.59. The Balaban J connectivity index is 2.41. The van der Waals surface area contributed by atoms with E-state index in [1.165, 1.54) is 11.8 Å². The average molecular weight is 452 g/mol. The van der Waals surface area contributed by atoms with Gasteiger partial charge in [0.2, 0.25) is 5.91 Å². The number of para-hydroxylation sites is 2. The smallest absolute Gasteiger partial charge is 0.264 e. The summed E-state index contributed by atoms with van der Waals surface area (Å²) in [7, 11) is -0.179. The summed E-state index contributed by atoms with van der Waals surface area (Å²) in [6, 6.07) is 13.4. The number of sulfonamides is 1. The number of carbonyl (C=O) groups is 1. The van der Waals surface area contributed by atoms with Crippen LogP contribution in [0.4, 0.5) is 5.69 Å². The van der Waals surface area contributed by atoms with Crippen molar-refractivity contribution in [3.63, 3.8) is 0 Å². The van der Waals surface area contributed by atoms with Gasteiger partial charge in [-0.3, -0.25) is 9.10 Å². The summed E-state index contributed by atoms with van der Waals surface area (Å²) in [6.45, 7) is 2.94. The van der Waals surface area contributed by atoms with Gasteiger partial charge in [0.1, 0.15) is 12.3 Å². The molecule has 0 radical (unpaired) electrons. The predicted molar refractivity (Wildman–Crippen MR) is 122 cm³/mol. The monoisotopic (exact) mass is 451 g/mol. The molecule has 0 aliphatic carbocycles. The molecule has 0 saturated carbocycles. The number of thioether (sulfide) groups is 1. The maximum atomic E-state index is 13.5. The van der Waals surface area contributed by atoms with E-state index in [0.29, 0.717) is 31.1 Å². The van der Waals surface area contributed by atoms with Gasteiger partial charge in [0.25, 0.3) is 10.0 Å². The van der Waals surface area contributed by atoms with Crippen molar-refractivity contribution in [3.8, 4) is 5.75 Å². The molecule has 2 rings (SSSR count). The lowest BCUT2D eigenvalue weighted by Gasteiger charge is -2.26. The highest BCUT2D eigenvalue weighted by Crippen LogP contribution is 2.32. The number of hydrogen-bond acceptors (Lipinski definition) is 6. The highest BCUT2D eigenvalue weighted by atomic mass is 32.2. The number of nitrogens with one attached hydrogen (secondary N) is 1. The molecule has 30 heavy (non-hydrogen) atoms. The van der Waals surface area contributed by atoms with Gasteiger partial charge in [0, 0.05) is 18.0 Å². The highest BCUT2D eigenvalue weighted by molar-refractivity contribution is 7.98. The molecule has 0 aliphatic heterocycles. The van der Waals surface area contributed by atoms with Crippen molar-refractivity contribution in [2.24, 2.45) is 0 Å².